The van der Waals surface area contributed by atoms with E-state index in [2.05, 4.69) is 15.4 Å². The van der Waals surface area contributed by atoms with Crippen molar-refractivity contribution in [1.82, 2.24) is 10.1 Å². The molecule has 0 unspecified atom stereocenters. The third kappa shape index (κ3) is 3.84. The van der Waals surface area contributed by atoms with Crippen LogP contribution >= 0.6 is 0 Å². The summed E-state index contributed by atoms with van der Waals surface area (Å²) in [5, 5.41) is 7.95. The molecule has 0 saturated carbocycles. The number of fused-ring (bicyclic) bond motifs is 1. The summed E-state index contributed by atoms with van der Waals surface area (Å²) in [5.41, 5.74) is 2.04. The minimum atomic E-state index is -0.328. The monoisotopic (exact) mass is 383 g/mol. The fourth-order valence-corrected chi connectivity index (χ4v) is 3.73. The average molecular weight is 383 g/mol. The van der Waals surface area contributed by atoms with Gasteiger partial charge in [0.15, 0.2) is 5.58 Å². The first-order valence-corrected chi connectivity index (χ1v) is 9.34. The zero-order valence-corrected chi connectivity index (χ0v) is 15.7. The first-order chi connectivity index (χ1) is 13.6. The van der Waals surface area contributed by atoms with Crippen LogP contribution in [0.3, 0.4) is 0 Å². The minimum absolute atomic E-state index is 0.0645. The number of nitrogens with one attached hydrogen (secondary N) is 1. The number of amides is 1. The second-order valence-corrected chi connectivity index (χ2v) is 7.01. The average Bonchev–Trinajstić information content (AvgIpc) is 3.12. The molecule has 1 aliphatic rings. The van der Waals surface area contributed by atoms with Gasteiger partial charge in [-0.05, 0) is 50.2 Å². The van der Waals surface area contributed by atoms with Gasteiger partial charge in [-0.15, -0.1) is 0 Å². The van der Waals surface area contributed by atoms with Crippen molar-refractivity contribution in [3.05, 3.63) is 54.0 Å². The van der Waals surface area contributed by atoms with Crippen molar-refractivity contribution < 1.29 is 18.4 Å². The molecule has 4 rings (SSSR count). The fourth-order valence-electron chi connectivity index (χ4n) is 3.73. The Balaban J connectivity index is 1.34. The van der Waals surface area contributed by atoms with E-state index < -0.39 is 0 Å². The molecule has 1 N–H and O–H groups in total. The lowest BCUT2D eigenvalue weighted by molar-refractivity contribution is -0.117. The smallest absolute Gasteiger partial charge is 0.238 e. The summed E-state index contributed by atoms with van der Waals surface area (Å²) >= 11 is 0. The van der Waals surface area contributed by atoms with Gasteiger partial charge in [0.05, 0.1) is 25.0 Å². The van der Waals surface area contributed by atoms with E-state index in [0.29, 0.717) is 23.6 Å². The quantitative estimate of drug-likeness (QED) is 0.726. The van der Waals surface area contributed by atoms with E-state index in [0.717, 1.165) is 37.0 Å². The number of para-hydroxylation sites is 2. The van der Waals surface area contributed by atoms with Crippen LogP contribution in [0.15, 0.2) is 47.0 Å². The number of aromatic nitrogens is 1. The van der Waals surface area contributed by atoms with Gasteiger partial charge in [-0.3, -0.25) is 9.69 Å². The van der Waals surface area contributed by atoms with E-state index >= 15 is 0 Å². The van der Waals surface area contributed by atoms with Gasteiger partial charge in [0.1, 0.15) is 11.6 Å². The maximum atomic E-state index is 13.3. The van der Waals surface area contributed by atoms with Crippen LogP contribution in [0, 0.1) is 5.82 Å². The predicted octanol–water partition coefficient (Wildman–Crippen LogP) is 3.79. The number of rotatable bonds is 5. The van der Waals surface area contributed by atoms with Crippen molar-refractivity contribution in [2.45, 2.75) is 18.8 Å². The van der Waals surface area contributed by atoms with Crippen LogP contribution in [0.4, 0.5) is 10.1 Å². The van der Waals surface area contributed by atoms with Crippen molar-refractivity contribution in [1.29, 1.82) is 0 Å². The minimum Gasteiger partial charge on any atom is -0.495 e. The Morgan fingerprint density at radius 2 is 2.07 bits per heavy atom. The van der Waals surface area contributed by atoms with Crippen LogP contribution in [0.25, 0.3) is 11.0 Å². The van der Waals surface area contributed by atoms with E-state index in [1.165, 1.54) is 12.1 Å². The highest BCUT2D eigenvalue weighted by Gasteiger charge is 2.26. The highest BCUT2D eigenvalue weighted by atomic mass is 19.1. The number of likely N-dealkylation sites (tertiary alicyclic amines) is 1. The lowest BCUT2D eigenvalue weighted by Gasteiger charge is -2.30. The highest BCUT2D eigenvalue weighted by molar-refractivity contribution is 5.93. The Labute approximate surface area is 162 Å². The van der Waals surface area contributed by atoms with E-state index in [-0.39, 0.29) is 17.6 Å². The Bertz CT molecular complexity index is 980. The topological polar surface area (TPSA) is 67.6 Å². The molecular weight excluding hydrogens is 361 g/mol. The molecule has 7 heteroatoms. The molecule has 146 valence electrons. The normalized spacial score (nSPS) is 15.6. The summed E-state index contributed by atoms with van der Waals surface area (Å²) in [6.07, 6.45) is 1.75. The maximum absolute atomic E-state index is 13.3. The standard InChI is InChI=1S/C21H22FN3O3/c1-27-18-5-3-2-4-17(18)23-20(26)13-25-10-8-14(9-11-25)21-16-7-6-15(22)12-19(16)28-24-21/h2-7,12,14H,8-11,13H2,1H3,(H,23,26). The van der Waals surface area contributed by atoms with Crippen molar-refractivity contribution in [2.24, 2.45) is 0 Å². The zero-order valence-electron chi connectivity index (χ0n) is 15.7. The van der Waals surface area contributed by atoms with E-state index in [1.807, 2.05) is 24.3 Å². The number of hydrogen-bond acceptors (Lipinski definition) is 5. The Kier molecular flexibility index (Phi) is 5.25. The van der Waals surface area contributed by atoms with Gasteiger partial charge in [0, 0.05) is 17.4 Å². The van der Waals surface area contributed by atoms with Crippen LogP contribution in [0.5, 0.6) is 5.75 Å². The molecule has 1 saturated heterocycles. The Morgan fingerprint density at radius 1 is 1.29 bits per heavy atom. The number of anilines is 1. The second-order valence-electron chi connectivity index (χ2n) is 7.01. The number of carbonyl (C=O) groups is 1. The van der Waals surface area contributed by atoms with E-state index in [4.69, 9.17) is 9.26 Å². The number of piperidine rings is 1. The van der Waals surface area contributed by atoms with Crippen molar-refractivity contribution in [3.8, 4) is 5.75 Å². The third-order valence-electron chi connectivity index (χ3n) is 5.18. The Hall–Kier alpha value is -2.93. The SMILES string of the molecule is COc1ccccc1NC(=O)CN1CCC(c2noc3cc(F)ccc23)CC1. The largest absolute Gasteiger partial charge is 0.495 e. The van der Waals surface area contributed by atoms with Gasteiger partial charge < -0.3 is 14.6 Å². The molecule has 0 aliphatic carbocycles. The van der Waals surface area contributed by atoms with Crippen molar-refractivity contribution in [2.75, 3.05) is 32.1 Å². The maximum Gasteiger partial charge on any atom is 0.238 e. The molecule has 1 aromatic heterocycles. The fraction of sp³-hybridized carbons (Fsp3) is 0.333. The van der Waals surface area contributed by atoms with E-state index in [9.17, 15) is 9.18 Å². The lowest BCUT2D eigenvalue weighted by atomic mass is 9.91. The number of hydrogen-bond donors (Lipinski definition) is 1. The zero-order chi connectivity index (χ0) is 19.5. The van der Waals surface area contributed by atoms with Gasteiger partial charge in [0.2, 0.25) is 5.91 Å². The Morgan fingerprint density at radius 3 is 2.86 bits per heavy atom. The van der Waals surface area contributed by atoms with Crippen LogP contribution in [0.1, 0.15) is 24.5 Å². The summed E-state index contributed by atoms with van der Waals surface area (Å²) < 4.78 is 23.9. The molecule has 0 radical (unpaired) electrons. The number of benzene rings is 2. The molecule has 0 atom stereocenters. The summed E-state index contributed by atoms with van der Waals surface area (Å²) in [4.78, 5) is 14.5. The molecule has 6 nitrogen and oxygen atoms in total. The van der Waals surface area contributed by atoms with E-state index in [1.54, 1.807) is 13.2 Å². The number of nitrogens with zero attached hydrogens (tertiary/aromatic N) is 2. The van der Waals surface area contributed by atoms with Gasteiger partial charge in [-0.25, -0.2) is 4.39 Å². The molecular formula is C21H22FN3O3. The molecule has 0 spiro atoms. The molecule has 0 bridgehead atoms. The summed E-state index contributed by atoms with van der Waals surface area (Å²) in [5.74, 6) is 0.500. The third-order valence-corrected chi connectivity index (χ3v) is 5.18. The van der Waals surface area contributed by atoms with Crippen LogP contribution in [-0.4, -0.2) is 42.7 Å². The summed E-state index contributed by atoms with van der Waals surface area (Å²) in [6, 6.07) is 11.9. The summed E-state index contributed by atoms with van der Waals surface area (Å²) in [7, 11) is 1.58. The first kappa shape index (κ1) is 18.4. The van der Waals surface area contributed by atoms with Gasteiger partial charge in [0.25, 0.3) is 0 Å². The van der Waals surface area contributed by atoms with Crippen molar-refractivity contribution in [3.63, 3.8) is 0 Å². The molecule has 1 fully saturated rings. The number of ether oxygens (including phenoxy) is 1. The summed E-state index contributed by atoms with van der Waals surface area (Å²) in [6.45, 7) is 1.91. The first-order valence-electron chi connectivity index (χ1n) is 9.34. The number of halogens is 1. The van der Waals surface area contributed by atoms with Gasteiger partial charge >= 0.3 is 0 Å². The molecule has 28 heavy (non-hydrogen) atoms. The second kappa shape index (κ2) is 7.98. The number of methoxy groups -OCH3 is 1. The highest BCUT2D eigenvalue weighted by Crippen LogP contribution is 2.32. The van der Waals surface area contributed by atoms with Gasteiger partial charge in [-0.1, -0.05) is 17.3 Å². The van der Waals surface area contributed by atoms with Gasteiger partial charge in [-0.2, -0.15) is 0 Å². The van der Waals surface area contributed by atoms with Crippen LogP contribution < -0.4 is 10.1 Å². The molecule has 2 heterocycles. The predicted molar refractivity (Wildman–Crippen MR) is 104 cm³/mol. The molecule has 2 aromatic carbocycles. The van der Waals surface area contributed by atoms with Crippen LogP contribution in [0.2, 0.25) is 0 Å². The molecule has 1 amide bonds. The van der Waals surface area contributed by atoms with Crippen LogP contribution in [-0.2, 0) is 4.79 Å². The molecule has 3 aromatic rings. The lowest BCUT2D eigenvalue weighted by Crippen LogP contribution is -2.38. The van der Waals surface area contributed by atoms with Crippen molar-refractivity contribution >= 4 is 22.6 Å². The molecule has 1 aliphatic heterocycles. The number of carbonyl (C=O) groups excluding carboxylic acids is 1.